The Labute approximate surface area is 146 Å². The number of halogens is 1. The number of carbonyl (C=O) groups is 1. The second-order valence-corrected chi connectivity index (χ2v) is 5.56. The van der Waals surface area contributed by atoms with E-state index in [9.17, 15) is 9.28 Å². The highest BCUT2D eigenvalue weighted by Crippen LogP contribution is 2.24. The van der Waals surface area contributed by atoms with Crippen LogP contribution >= 0.6 is 0 Å². The van der Waals surface area contributed by atoms with Crippen LogP contribution in [0.2, 0.25) is 0 Å². The van der Waals surface area contributed by atoms with Crippen LogP contribution in [0.25, 0.3) is 0 Å². The molecule has 1 unspecified atom stereocenters. The van der Waals surface area contributed by atoms with E-state index in [0.717, 1.165) is 22.4 Å². The molecule has 0 bridgehead atoms. The van der Waals surface area contributed by atoms with Gasteiger partial charge in [-0.05, 0) is 55.0 Å². The highest BCUT2D eigenvalue weighted by atomic mass is 19.2. The lowest BCUT2D eigenvalue weighted by Crippen LogP contribution is -2.34. The van der Waals surface area contributed by atoms with Crippen molar-refractivity contribution >= 4 is 5.91 Å². The van der Waals surface area contributed by atoms with Crippen LogP contribution in [-0.4, -0.2) is 32.6 Å². The molecular formula is C18H23FN4O2. The smallest absolute Gasteiger partial charge is 0.251 e. The molecule has 0 saturated carbocycles. The number of carbonyl (C=O) groups excluding carboxylic acids is 1. The highest BCUT2D eigenvalue weighted by Gasteiger charge is 2.20. The lowest BCUT2D eigenvalue weighted by atomic mass is 9.89. The zero-order valence-electron chi connectivity index (χ0n) is 14.5. The summed E-state index contributed by atoms with van der Waals surface area (Å²) in [7, 11) is 3.74. The Balaban J connectivity index is 2.08. The summed E-state index contributed by atoms with van der Waals surface area (Å²) in [6.45, 7) is 2.43. The maximum atomic E-state index is 12.3. The largest absolute Gasteiger partial charge is 0.394 e. The van der Waals surface area contributed by atoms with Crippen LogP contribution in [0.5, 0.6) is 5.75 Å². The van der Waals surface area contributed by atoms with E-state index in [1.807, 2.05) is 33.3 Å². The molecule has 0 fully saturated rings. The van der Waals surface area contributed by atoms with Gasteiger partial charge < -0.3 is 20.8 Å². The van der Waals surface area contributed by atoms with Crippen LogP contribution < -0.4 is 26.5 Å². The third-order valence-corrected chi connectivity index (χ3v) is 4.01. The van der Waals surface area contributed by atoms with E-state index < -0.39 is 0 Å². The van der Waals surface area contributed by atoms with Crippen molar-refractivity contribution in [2.24, 2.45) is 0 Å². The summed E-state index contributed by atoms with van der Waals surface area (Å²) in [4.78, 5) is 16.8. The molecule has 1 amide bonds. The number of hydrogen-bond acceptors (Lipinski definition) is 5. The average molecular weight is 346 g/mol. The number of rotatable bonds is 7. The summed E-state index contributed by atoms with van der Waals surface area (Å²) in [5, 5.41) is 9.22. The molecule has 0 spiro atoms. The molecule has 6 nitrogen and oxygen atoms in total. The maximum Gasteiger partial charge on any atom is 0.251 e. The van der Waals surface area contributed by atoms with Gasteiger partial charge in [0.2, 0.25) is 0 Å². The minimum Gasteiger partial charge on any atom is -0.394 e. The number of benzene rings is 1. The highest BCUT2D eigenvalue weighted by molar-refractivity contribution is 5.94. The molecule has 25 heavy (non-hydrogen) atoms. The van der Waals surface area contributed by atoms with Crippen molar-refractivity contribution in [3.8, 4) is 5.75 Å². The van der Waals surface area contributed by atoms with E-state index in [2.05, 4.69) is 26.9 Å². The molecule has 0 aliphatic heterocycles. The summed E-state index contributed by atoms with van der Waals surface area (Å²) in [5.74, 6) is 0.0746. The Kier molecular flexibility index (Phi) is 6.73. The summed E-state index contributed by atoms with van der Waals surface area (Å²) in [6.07, 6.45) is 6.07. The molecule has 0 saturated heterocycles. The normalized spacial score (nSPS) is 18.4. The summed E-state index contributed by atoms with van der Waals surface area (Å²) in [5.41, 5.74) is 4.82. The molecule has 1 aliphatic rings. The molecule has 0 aromatic heterocycles. The predicted molar refractivity (Wildman–Crippen MR) is 95.5 cm³/mol. The zero-order valence-corrected chi connectivity index (χ0v) is 14.5. The first-order valence-electron chi connectivity index (χ1n) is 7.94. The Hall–Kier alpha value is -2.64. The molecule has 134 valence electrons. The fraction of sp³-hybridized carbons (Fsp3) is 0.278. The number of hydrogen-bond donors (Lipinski definition) is 4. The van der Waals surface area contributed by atoms with Crippen molar-refractivity contribution < 1.29 is 14.1 Å². The van der Waals surface area contributed by atoms with Gasteiger partial charge >= 0.3 is 0 Å². The molecule has 2 rings (SSSR count). The number of likely N-dealkylation sites (N-methyl/N-ethyl adjacent to an activating group) is 1. The van der Waals surface area contributed by atoms with Gasteiger partial charge in [0.15, 0.2) is 5.75 Å². The maximum absolute atomic E-state index is 12.3. The van der Waals surface area contributed by atoms with Crippen LogP contribution in [0.3, 0.4) is 0 Å². The molecule has 0 heterocycles. The Morgan fingerprint density at radius 2 is 2.00 bits per heavy atom. The van der Waals surface area contributed by atoms with Gasteiger partial charge in [-0.3, -0.25) is 4.79 Å². The number of amides is 1. The zero-order chi connectivity index (χ0) is 18.2. The van der Waals surface area contributed by atoms with Gasteiger partial charge in [0.25, 0.3) is 5.91 Å². The van der Waals surface area contributed by atoms with Crippen molar-refractivity contribution in [1.82, 2.24) is 21.7 Å². The molecule has 1 aromatic carbocycles. The molecule has 4 N–H and O–H groups in total. The molecular weight excluding hydrogens is 323 g/mol. The van der Waals surface area contributed by atoms with Gasteiger partial charge in [-0.15, -0.1) is 0 Å². The van der Waals surface area contributed by atoms with E-state index in [-0.39, 0.29) is 17.7 Å². The monoisotopic (exact) mass is 346 g/mol. The van der Waals surface area contributed by atoms with Crippen LogP contribution in [-0.2, 0) is 0 Å². The van der Waals surface area contributed by atoms with Gasteiger partial charge in [-0.1, -0.05) is 16.6 Å². The summed E-state index contributed by atoms with van der Waals surface area (Å²) < 4.78 is 11.9. The quantitative estimate of drug-likeness (QED) is 0.447. The van der Waals surface area contributed by atoms with E-state index in [0.29, 0.717) is 12.1 Å². The lowest BCUT2D eigenvalue weighted by molar-refractivity contribution is 0.0451. The van der Waals surface area contributed by atoms with E-state index in [1.165, 1.54) is 12.1 Å². The second-order valence-electron chi connectivity index (χ2n) is 5.56. The van der Waals surface area contributed by atoms with Gasteiger partial charge in [-0.2, -0.15) is 0 Å². The summed E-state index contributed by atoms with van der Waals surface area (Å²) >= 11 is 0. The Morgan fingerprint density at radius 1 is 1.28 bits per heavy atom. The van der Waals surface area contributed by atoms with E-state index >= 15 is 0 Å². The number of nitrogens with one attached hydrogen (secondary N) is 4. The fourth-order valence-electron chi connectivity index (χ4n) is 2.68. The van der Waals surface area contributed by atoms with Crippen molar-refractivity contribution in [3.63, 3.8) is 0 Å². The minimum absolute atomic E-state index is 0.0904. The van der Waals surface area contributed by atoms with Gasteiger partial charge in [0, 0.05) is 31.1 Å². The predicted octanol–water partition coefficient (Wildman–Crippen LogP) is 1.76. The van der Waals surface area contributed by atoms with Gasteiger partial charge in [-0.25, -0.2) is 0 Å². The van der Waals surface area contributed by atoms with Crippen molar-refractivity contribution in [2.75, 3.05) is 20.6 Å². The van der Waals surface area contributed by atoms with Crippen molar-refractivity contribution in [2.45, 2.75) is 13.0 Å². The Morgan fingerprint density at radius 3 is 2.60 bits per heavy atom. The molecule has 1 atom stereocenters. The third-order valence-electron chi connectivity index (χ3n) is 4.01. The summed E-state index contributed by atoms with van der Waals surface area (Å²) in [6, 6.07) is 6.26. The lowest BCUT2D eigenvalue weighted by Gasteiger charge is -2.25. The second kappa shape index (κ2) is 9.00. The third kappa shape index (κ3) is 4.68. The molecule has 1 aliphatic carbocycles. The molecule has 0 radical (unpaired) electrons. The first-order valence-corrected chi connectivity index (χ1v) is 7.94. The average Bonchev–Trinajstić information content (AvgIpc) is 2.62. The van der Waals surface area contributed by atoms with Crippen LogP contribution in [0.15, 0.2) is 59.3 Å². The van der Waals surface area contributed by atoms with Gasteiger partial charge in [0.05, 0.1) is 6.04 Å². The minimum atomic E-state index is -0.209. The Bertz CT molecular complexity index is 696. The van der Waals surface area contributed by atoms with Crippen molar-refractivity contribution in [3.05, 3.63) is 64.9 Å². The standard InChI is InChI=1S/C18H23FN4O2/c1-12-4-9-17(21-3)16(10-20-2)15(12)11-22-18(24)13-5-7-14(8-6-13)25-23-19/h4-10,17,20-21,23H,11H2,1-3H3,(H,22,24)/b16-10-. The molecule has 1 aromatic rings. The SMILES string of the molecule is CN/C=C1/C(CNC(=O)c2ccc(ONF)cc2)=C(C)C=CC1NC. The fourth-order valence-corrected chi connectivity index (χ4v) is 2.68. The van der Waals surface area contributed by atoms with Crippen LogP contribution in [0.4, 0.5) is 4.48 Å². The topological polar surface area (TPSA) is 74.4 Å². The van der Waals surface area contributed by atoms with Crippen LogP contribution in [0.1, 0.15) is 17.3 Å². The van der Waals surface area contributed by atoms with Crippen LogP contribution in [0, 0.1) is 0 Å². The van der Waals surface area contributed by atoms with Gasteiger partial charge in [0.1, 0.15) is 0 Å². The van der Waals surface area contributed by atoms with E-state index in [4.69, 9.17) is 0 Å². The van der Waals surface area contributed by atoms with E-state index in [1.54, 1.807) is 12.1 Å². The number of allylic oxidation sites excluding steroid dienone is 2. The first-order chi connectivity index (χ1) is 12.1. The molecule has 7 heteroatoms. The first kappa shape index (κ1) is 18.7. The van der Waals surface area contributed by atoms with Crippen molar-refractivity contribution in [1.29, 1.82) is 0 Å².